The van der Waals surface area contributed by atoms with Gasteiger partial charge in [0.2, 0.25) is 0 Å². The molecule has 0 unspecified atom stereocenters. The number of pyridine rings is 2. The Kier molecular flexibility index (Phi) is 9.12. The molecule has 2 aromatic heterocycles. The molecule has 0 aromatic carbocycles. The molecule has 2 heterocycles. The monoisotopic (exact) mass is 460 g/mol. The molecule has 0 spiro atoms. The van der Waals surface area contributed by atoms with Crippen molar-refractivity contribution in [2.75, 3.05) is 26.2 Å². The van der Waals surface area contributed by atoms with Crippen LogP contribution in [0, 0.1) is 27.7 Å². The molecule has 0 saturated heterocycles. The van der Waals surface area contributed by atoms with Gasteiger partial charge in [-0.1, -0.05) is 0 Å². The summed E-state index contributed by atoms with van der Waals surface area (Å²) < 4.78 is 0. The van der Waals surface area contributed by atoms with Gasteiger partial charge in [0.1, 0.15) is 11.5 Å². The topological polar surface area (TPSA) is 147 Å². The summed E-state index contributed by atoms with van der Waals surface area (Å²) >= 11 is 0. The Balaban J connectivity index is 2.12. The number of aromatic nitrogens is 2. The second-order valence-electron chi connectivity index (χ2n) is 8.27. The third-order valence-electron chi connectivity index (χ3n) is 5.54. The van der Waals surface area contributed by atoms with Crippen LogP contribution < -0.4 is 0 Å². The molecule has 0 fully saturated rings. The Bertz CT molecular complexity index is 931. The quantitative estimate of drug-likeness (QED) is 0.371. The molecule has 180 valence electrons. The van der Waals surface area contributed by atoms with E-state index in [4.69, 9.17) is 0 Å². The summed E-state index contributed by atoms with van der Waals surface area (Å²) in [5, 5.41) is 39.4. The van der Waals surface area contributed by atoms with Crippen molar-refractivity contribution in [1.29, 1.82) is 0 Å². The van der Waals surface area contributed by atoms with E-state index in [1.54, 1.807) is 49.9 Å². The molecule has 0 atom stereocenters. The molecule has 2 aromatic rings. The fourth-order valence-corrected chi connectivity index (χ4v) is 3.65. The van der Waals surface area contributed by atoms with Gasteiger partial charge in [0.15, 0.2) is 0 Å². The number of carboxylic acid groups (broad SMARTS) is 2. The van der Waals surface area contributed by atoms with Gasteiger partial charge in [0, 0.05) is 49.7 Å². The number of aromatic hydroxyl groups is 2. The van der Waals surface area contributed by atoms with Crippen molar-refractivity contribution in [2.24, 2.45) is 0 Å². The summed E-state index contributed by atoms with van der Waals surface area (Å²) in [6.07, 6.45) is 3.78. The lowest BCUT2D eigenvalue weighted by molar-refractivity contribution is -0.139. The van der Waals surface area contributed by atoms with Crippen LogP contribution in [0.3, 0.4) is 0 Å². The average molecular weight is 461 g/mol. The number of hydrogen-bond acceptors (Lipinski definition) is 8. The minimum Gasteiger partial charge on any atom is -0.506 e. The summed E-state index contributed by atoms with van der Waals surface area (Å²) in [7, 11) is 0. The first kappa shape index (κ1) is 26.0. The first-order valence-electron chi connectivity index (χ1n) is 10.7. The van der Waals surface area contributed by atoms with Crippen LogP contribution in [0.25, 0.3) is 0 Å². The van der Waals surface area contributed by atoms with Crippen molar-refractivity contribution < 1.29 is 30.0 Å². The molecule has 0 saturated carbocycles. The predicted octanol–water partition coefficient (Wildman–Crippen LogP) is 1.98. The summed E-state index contributed by atoms with van der Waals surface area (Å²) in [6.45, 7) is 7.76. The van der Waals surface area contributed by atoms with Crippen molar-refractivity contribution in [3.05, 3.63) is 46.0 Å². The predicted molar refractivity (Wildman–Crippen MR) is 121 cm³/mol. The van der Waals surface area contributed by atoms with Gasteiger partial charge in [-0.05, 0) is 45.2 Å². The number of carboxylic acids is 2. The van der Waals surface area contributed by atoms with E-state index in [9.17, 15) is 30.0 Å². The number of hydrogen-bond donors (Lipinski definition) is 4. The maximum atomic E-state index is 11.4. The lowest BCUT2D eigenvalue weighted by Gasteiger charge is -2.25. The van der Waals surface area contributed by atoms with Crippen molar-refractivity contribution in [3.63, 3.8) is 0 Å². The van der Waals surface area contributed by atoms with Gasteiger partial charge in [-0.15, -0.1) is 0 Å². The third-order valence-corrected chi connectivity index (χ3v) is 5.54. The number of rotatable bonds is 12. The van der Waals surface area contributed by atoms with Crippen LogP contribution in [0.2, 0.25) is 0 Å². The van der Waals surface area contributed by atoms with Gasteiger partial charge in [-0.25, -0.2) is 0 Å². The van der Waals surface area contributed by atoms with Crippen molar-refractivity contribution >= 4 is 11.9 Å². The van der Waals surface area contributed by atoms with Crippen LogP contribution >= 0.6 is 0 Å². The molecule has 10 nitrogen and oxygen atoms in total. The Hall–Kier alpha value is -3.24. The van der Waals surface area contributed by atoms with E-state index in [-0.39, 0.29) is 37.7 Å². The van der Waals surface area contributed by atoms with E-state index in [1.165, 1.54) is 0 Å². The fourth-order valence-electron chi connectivity index (χ4n) is 3.65. The van der Waals surface area contributed by atoms with Crippen LogP contribution in [-0.2, 0) is 22.7 Å². The highest BCUT2D eigenvalue weighted by atomic mass is 16.4. The molecule has 0 aliphatic rings. The van der Waals surface area contributed by atoms with Gasteiger partial charge < -0.3 is 20.4 Å². The molecule has 33 heavy (non-hydrogen) atoms. The second kappa shape index (κ2) is 11.6. The van der Waals surface area contributed by atoms with Crippen molar-refractivity contribution in [2.45, 2.75) is 47.2 Å². The zero-order chi connectivity index (χ0) is 24.7. The highest BCUT2D eigenvalue weighted by molar-refractivity contribution is 5.69. The second-order valence-corrected chi connectivity index (χ2v) is 8.27. The molecule has 0 aliphatic heterocycles. The van der Waals surface area contributed by atoms with Crippen LogP contribution in [0.1, 0.15) is 40.1 Å². The van der Waals surface area contributed by atoms with Gasteiger partial charge in [-0.3, -0.25) is 29.4 Å². The standard InChI is InChI=1S/C23H32N4O6/c1-14-8-24-16(3)22(32)18(14)10-26(12-20(28)29)6-5-7-27(13-21(30)31)11-19-15(2)9-25-17(4)23(19)33/h8-9,32-33H,5-7,10-13H2,1-4H3,(H,28,29)(H,30,31). The molecule has 0 amide bonds. The Morgan fingerprint density at radius 1 is 0.758 bits per heavy atom. The van der Waals surface area contributed by atoms with E-state index >= 15 is 0 Å². The Morgan fingerprint density at radius 2 is 1.12 bits per heavy atom. The van der Waals surface area contributed by atoms with E-state index in [0.717, 1.165) is 11.1 Å². The third kappa shape index (κ3) is 7.40. The van der Waals surface area contributed by atoms with E-state index in [0.29, 0.717) is 42.0 Å². The molecule has 0 bridgehead atoms. The van der Waals surface area contributed by atoms with Crippen LogP contribution in [0.15, 0.2) is 12.4 Å². The summed E-state index contributed by atoms with van der Waals surface area (Å²) in [5.74, 6) is -1.88. The fraction of sp³-hybridized carbons (Fsp3) is 0.478. The molecule has 2 rings (SSSR count). The average Bonchev–Trinajstić information content (AvgIpc) is 2.73. The molecule has 0 radical (unpaired) electrons. The zero-order valence-corrected chi connectivity index (χ0v) is 19.5. The van der Waals surface area contributed by atoms with E-state index in [1.807, 2.05) is 0 Å². The van der Waals surface area contributed by atoms with Crippen LogP contribution in [0.5, 0.6) is 11.5 Å². The molecular formula is C23H32N4O6. The molecule has 10 heteroatoms. The molecule has 4 N–H and O–H groups in total. The summed E-state index contributed by atoms with van der Waals surface area (Å²) in [6, 6.07) is 0. The van der Waals surface area contributed by atoms with Crippen molar-refractivity contribution in [1.82, 2.24) is 19.8 Å². The number of aryl methyl sites for hydroxylation is 4. The van der Waals surface area contributed by atoms with Gasteiger partial charge >= 0.3 is 11.9 Å². The highest BCUT2D eigenvalue weighted by Crippen LogP contribution is 2.26. The number of nitrogens with zero attached hydrogens (tertiary/aromatic N) is 4. The summed E-state index contributed by atoms with van der Waals surface area (Å²) in [5.41, 5.74) is 3.72. The van der Waals surface area contributed by atoms with Crippen molar-refractivity contribution in [3.8, 4) is 11.5 Å². The highest BCUT2D eigenvalue weighted by Gasteiger charge is 2.19. The number of carbonyl (C=O) groups is 2. The van der Waals surface area contributed by atoms with Crippen LogP contribution in [-0.4, -0.2) is 78.3 Å². The van der Waals surface area contributed by atoms with E-state index in [2.05, 4.69) is 9.97 Å². The molecule has 0 aliphatic carbocycles. The largest absolute Gasteiger partial charge is 0.506 e. The SMILES string of the molecule is Cc1cnc(C)c(O)c1CN(CCCN(CC(=O)O)Cc1c(C)cnc(C)c1O)CC(=O)O. The first-order chi connectivity index (χ1) is 15.5. The maximum absolute atomic E-state index is 11.4. The maximum Gasteiger partial charge on any atom is 0.317 e. The smallest absolute Gasteiger partial charge is 0.317 e. The summed E-state index contributed by atoms with van der Waals surface area (Å²) in [4.78, 5) is 34.4. The Labute approximate surface area is 193 Å². The minimum absolute atomic E-state index is 0.0527. The number of aliphatic carboxylic acids is 2. The Morgan fingerprint density at radius 3 is 1.45 bits per heavy atom. The minimum atomic E-state index is -0.992. The lowest BCUT2D eigenvalue weighted by Crippen LogP contribution is -2.35. The van der Waals surface area contributed by atoms with Crippen LogP contribution in [0.4, 0.5) is 0 Å². The normalized spacial score (nSPS) is 11.3. The van der Waals surface area contributed by atoms with Gasteiger partial charge in [0.05, 0.1) is 24.5 Å². The van der Waals surface area contributed by atoms with E-state index < -0.39 is 11.9 Å². The first-order valence-corrected chi connectivity index (χ1v) is 10.7. The molecular weight excluding hydrogens is 428 g/mol. The lowest BCUT2D eigenvalue weighted by atomic mass is 10.1. The van der Waals surface area contributed by atoms with Gasteiger partial charge in [0.25, 0.3) is 0 Å². The van der Waals surface area contributed by atoms with Gasteiger partial charge in [-0.2, -0.15) is 0 Å². The zero-order valence-electron chi connectivity index (χ0n) is 19.5.